The lowest BCUT2D eigenvalue weighted by molar-refractivity contribution is -0.384. The van der Waals surface area contributed by atoms with E-state index in [1.807, 2.05) is 6.07 Å². The number of carbonyl (C=O) groups is 1. The van der Waals surface area contributed by atoms with E-state index in [4.69, 9.17) is 0 Å². The number of pyridine rings is 1. The number of amides is 2. The fraction of sp³-hybridized carbons (Fsp3) is 0.200. The van der Waals surface area contributed by atoms with Crippen LogP contribution in [0, 0.1) is 10.1 Å². The van der Waals surface area contributed by atoms with Crippen LogP contribution in [0.25, 0.3) is 0 Å². The normalized spacial score (nSPS) is 14.3. The molecule has 1 aromatic carbocycles. The van der Waals surface area contributed by atoms with E-state index in [0.717, 1.165) is 12.1 Å². The number of rotatable bonds is 4. The summed E-state index contributed by atoms with van der Waals surface area (Å²) in [6.07, 6.45) is 2.35. The van der Waals surface area contributed by atoms with Crippen LogP contribution in [0.1, 0.15) is 6.42 Å². The summed E-state index contributed by atoms with van der Waals surface area (Å²) in [6.45, 7) is 1.31. The van der Waals surface area contributed by atoms with Crippen molar-refractivity contribution in [3.63, 3.8) is 0 Å². The van der Waals surface area contributed by atoms with Gasteiger partial charge in [-0.15, -0.1) is 0 Å². The molecule has 1 aromatic heterocycles. The molecule has 2 heterocycles. The zero-order chi connectivity index (χ0) is 16.2. The Kier molecular flexibility index (Phi) is 4.05. The lowest BCUT2D eigenvalue weighted by Gasteiger charge is -2.27. The van der Waals surface area contributed by atoms with Crippen molar-refractivity contribution in [1.29, 1.82) is 0 Å². The number of hydrogen-bond donors (Lipinski definition) is 2. The Morgan fingerprint density at radius 3 is 2.96 bits per heavy atom. The van der Waals surface area contributed by atoms with Gasteiger partial charge in [0.15, 0.2) is 0 Å². The highest BCUT2D eigenvalue weighted by molar-refractivity contribution is 5.93. The lowest BCUT2D eigenvalue weighted by Crippen LogP contribution is -2.46. The van der Waals surface area contributed by atoms with Crippen molar-refractivity contribution >= 4 is 28.9 Å². The standard InChI is InChI=1S/C15H15N5O3/c21-15-17-8-3-9-19(15)12-5-1-4-11(10-12)18-14-13(20(22)23)6-2-7-16-14/h1-2,4-7,10H,3,8-9H2,(H,16,18)(H,17,21). The van der Waals surface area contributed by atoms with Gasteiger partial charge in [0.1, 0.15) is 0 Å². The largest absolute Gasteiger partial charge is 0.338 e. The summed E-state index contributed by atoms with van der Waals surface area (Å²) in [4.78, 5) is 28.1. The fourth-order valence-corrected chi connectivity index (χ4v) is 2.40. The summed E-state index contributed by atoms with van der Waals surface area (Å²) in [5.74, 6) is 0.165. The Bertz CT molecular complexity index is 749. The third-order valence-electron chi connectivity index (χ3n) is 3.48. The maximum absolute atomic E-state index is 11.9. The molecule has 1 aliphatic heterocycles. The highest BCUT2D eigenvalue weighted by Crippen LogP contribution is 2.27. The Labute approximate surface area is 132 Å². The molecule has 0 spiro atoms. The maximum Gasteiger partial charge on any atom is 0.321 e. The molecule has 0 radical (unpaired) electrons. The van der Waals surface area contributed by atoms with Gasteiger partial charge in [0, 0.05) is 36.7 Å². The molecule has 2 amide bonds. The van der Waals surface area contributed by atoms with E-state index < -0.39 is 4.92 Å². The van der Waals surface area contributed by atoms with Crippen LogP contribution in [0.4, 0.5) is 27.7 Å². The molecule has 0 saturated carbocycles. The summed E-state index contributed by atoms with van der Waals surface area (Å²) in [7, 11) is 0. The third-order valence-corrected chi connectivity index (χ3v) is 3.48. The van der Waals surface area contributed by atoms with Gasteiger partial charge in [-0.3, -0.25) is 15.0 Å². The molecular weight excluding hydrogens is 298 g/mol. The van der Waals surface area contributed by atoms with Crippen molar-refractivity contribution in [2.75, 3.05) is 23.3 Å². The zero-order valence-corrected chi connectivity index (χ0v) is 12.2. The van der Waals surface area contributed by atoms with Crippen molar-refractivity contribution < 1.29 is 9.72 Å². The van der Waals surface area contributed by atoms with Crippen molar-refractivity contribution in [2.24, 2.45) is 0 Å². The van der Waals surface area contributed by atoms with E-state index in [2.05, 4.69) is 15.6 Å². The molecule has 8 heteroatoms. The first-order valence-corrected chi connectivity index (χ1v) is 7.17. The fourth-order valence-electron chi connectivity index (χ4n) is 2.40. The average molecular weight is 313 g/mol. The van der Waals surface area contributed by atoms with Crippen molar-refractivity contribution in [3.05, 3.63) is 52.7 Å². The van der Waals surface area contributed by atoms with Crippen molar-refractivity contribution in [2.45, 2.75) is 6.42 Å². The summed E-state index contributed by atoms with van der Waals surface area (Å²) in [6, 6.07) is 9.90. The molecule has 118 valence electrons. The first-order valence-electron chi connectivity index (χ1n) is 7.17. The first kappa shape index (κ1) is 14.8. The minimum atomic E-state index is -0.489. The van der Waals surface area contributed by atoms with Gasteiger partial charge in [-0.1, -0.05) is 6.07 Å². The van der Waals surface area contributed by atoms with Crippen LogP contribution in [0.2, 0.25) is 0 Å². The van der Waals surface area contributed by atoms with Crippen LogP contribution in [-0.2, 0) is 0 Å². The molecule has 1 aliphatic rings. The number of aromatic nitrogens is 1. The second kappa shape index (κ2) is 6.30. The first-order chi connectivity index (χ1) is 11.1. The zero-order valence-electron chi connectivity index (χ0n) is 12.2. The maximum atomic E-state index is 11.9. The van der Waals surface area contributed by atoms with Gasteiger partial charge in [-0.25, -0.2) is 9.78 Å². The van der Waals surface area contributed by atoms with Gasteiger partial charge in [0.25, 0.3) is 0 Å². The Morgan fingerprint density at radius 2 is 2.17 bits per heavy atom. The molecule has 3 rings (SSSR count). The third kappa shape index (κ3) is 3.20. The molecular formula is C15H15N5O3. The Hall–Kier alpha value is -3.16. The van der Waals surface area contributed by atoms with Crippen LogP contribution in [0.15, 0.2) is 42.6 Å². The molecule has 8 nitrogen and oxygen atoms in total. The predicted molar refractivity (Wildman–Crippen MR) is 86.0 cm³/mol. The van der Waals surface area contributed by atoms with E-state index >= 15 is 0 Å². The van der Waals surface area contributed by atoms with Gasteiger partial charge >= 0.3 is 11.7 Å². The second-order valence-corrected chi connectivity index (χ2v) is 5.04. The Balaban J connectivity index is 1.86. The number of nitrogens with one attached hydrogen (secondary N) is 2. The van der Waals surface area contributed by atoms with Crippen LogP contribution >= 0.6 is 0 Å². The number of nitro groups is 1. The van der Waals surface area contributed by atoms with Crippen LogP contribution in [0.3, 0.4) is 0 Å². The lowest BCUT2D eigenvalue weighted by atomic mass is 10.2. The molecule has 0 unspecified atom stereocenters. The highest BCUT2D eigenvalue weighted by atomic mass is 16.6. The molecule has 0 bridgehead atoms. The van der Waals surface area contributed by atoms with E-state index in [9.17, 15) is 14.9 Å². The highest BCUT2D eigenvalue weighted by Gasteiger charge is 2.20. The van der Waals surface area contributed by atoms with Gasteiger partial charge in [-0.2, -0.15) is 0 Å². The molecule has 0 aliphatic carbocycles. The van der Waals surface area contributed by atoms with Gasteiger partial charge < -0.3 is 10.6 Å². The van der Waals surface area contributed by atoms with Crippen LogP contribution in [-0.4, -0.2) is 29.0 Å². The minimum Gasteiger partial charge on any atom is -0.338 e. The molecule has 2 aromatic rings. The molecule has 1 fully saturated rings. The van der Waals surface area contributed by atoms with E-state index in [-0.39, 0.29) is 17.5 Å². The number of nitrogens with zero attached hydrogens (tertiary/aromatic N) is 3. The predicted octanol–water partition coefficient (Wildman–Crippen LogP) is 2.65. The topological polar surface area (TPSA) is 100 Å². The summed E-state index contributed by atoms with van der Waals surface area (Å²) < 4.78 is 0. The average Bonchev–Trinajstić information content (AvgIpc) is 2.56. The minimum absolute atomic E-state index is 0.103. The molecule has 0 atom stereocenters. The van der Waals surface area contributed by atoms with E-state index in [1.165, 1.54) is 18.3 Å². The SMILES string of the molecule is O=C1NCCCN1c1cccc(Nc2ncccc2[N+](=O)[O-])c1. The quantitative estimate of drug-likeness (QED) is 0.667. The van der Waals surface area contributed by atoms with Crippen molar-refractivity contribution in [3.8, 4) is 0 Å². The summed E-state index contributed by atoms with van der Waals surface area (Å²) in [5.41, 5.74) is 1.25. The summed E-state index contributed by atoms with van der Waals surface area (Å²) >= 11 is 0. The van der Waals surface area contributed by atoms with Gasteiger partial charge in [-0.05, 0) is 30.7 Å². The van der Waals surface area contributed by atoms with Crippen LogP contribution < -0.4 is 15.5 Å². The van der Waals surface area contributed by atoms with Gasteiger partial charge in [0.2, 0.25) is 5.82 Å². The number of carbonyl (C=O) groups excluding carboxylic acids is 1. The van der Waals surface area contributed by atoms with Gasteiger partial charge in [0.05, 0.1) is 4.92 Å². The van der Waals surface area contributed by atoms with E-state index in [0.29, 0.717) is 18.8 Å². The monoisotopic (exact) mass is 313 g/mol. The number of benzene rings is 1. The number of anilines is 3. The summed E-state index contributed by atoms with van der Waals surface area (Å²) in [5, 5.41) is 16.8. The molecule has 23 heavy (non-hydrogen) atoms. The van der Waals surface area contributed by atoms with E-state index in [1.54, 1.807) is 23.1 Å². The second-order valence-electron chi connectivity index (χ2n) is 5.04. The van der Waals surface area contributed by atoms with Crippen LogP contribution in [0.5, 0.6) is 0 Å². The Morgan fingerprint density at radius 1 is 1.30 bits per heavy atom. The van der Waals surface area contributed by atoms with Crippen molar-refractivity contribution in [1.82, 2.24) is 10.3 Å². The number of hydrogen-bond acceptors (Lipinski definition) is 5. The molecule has 2 N–H and O–H groups in total. The smallest absolute Gasteiger partial charge is 0.321 e. The molecule has 1 saturated heterocycles. The number of urea groups is 1.